The first-order valence-electron chi connectivity index (χ1n) is 5.44. The van der Waals surface area contributed by atoms with Crippen LogP contribution >= 0.6 is 24.6 Å². The van der Waals surface area contributed by atoms with Gasteiger partial charge in [-0.15, -0.1) is 0 Å². The van der Waals surface area contributed by atoms with Crippen LogP contribution in [0.5, 0.6) is 0 Å². The predicted octanol–water partition coefficient (Wildman–Crippen LogP) is 4.08. The van der Waals surface area contributed by atoms with Crippen molar-refractivity contribution in [2.75, 3.05) is 26.4 Å². The maximum absolute atomic E-state index is 12.2. The molecule has 0 fully saturated rings. The van der Waals surface area contributed by atoms with E-state index >= 15 is 0 Å². The fraction of sp³-hybridized carbons (Fsp3) is 1.00. The van der Waals surface area contributed by atoms with E-state index < -0.39 is 13.6 Å². The highest BCUT2D eigenvalue weighted by molar-refractivity contribution is 8.84. The monoisotopic (exact) mass is 306 g/mol. The van der Waals surface area contributed by atoms with E-state index in [0.29, 0.717) is 11.0 Å². The summed E-state index contributed by atoms with van der Waals surface area (Å²) in [5, 5.41) is 0. The third kappa shape index (κ3) is 6.97. The predicted molar refractivity (Wildman–Crippen MR) is 69.3 cm³/mol. The number of hydrogen-bond acceptors (Lipinski definition) is 7. The molecule has 0 aromatic heterocycles. The van der Waals surface area contributed by atoms with Gasteiger partial charge in [0.25, 0.3) is 0 Å². The second-order valence-electron chi connectivity index (χ2n) is 2.65. The van der Waals surface area contributed by atoms with Gasteiger partial charge in [-0.3, -0.25) is 0 Å². The molecule has 0 aliphatic carbocycles. The van der Waals surface area contributed by atoms with Gasteiger partial charge in [0.15, 0.2) is 0 Å². The van der Waals surface area contributed by atoms with Gasteiger partial charge in [-0.1, -0.05) is 0 Å². The Hall–Kier alpha value is 0.650. The lowest BCUT2D eigenvalue weighted by molar-refractivity contribution is 0.232. The first-order chi connectivity index (χ1) is 7.95. The molecule has 0 aliphatic heterocycles. The Labute approximate surface area is 106 Å². The highest BCUT2D eigenvalue weighted by Gasteiger charge is 2.39. The Bertz CT molecular complexity index is 250. The Morgan fingerprint density at radius 2 is 0.941 bits per heavy atom. The van der Waals surface area contributed by atoms with E-state index in [1.807, 2.05) is 0 Å². The summed E-state index contributed by atoms with van der Waals surface area (Å²) in [5.41, 5.74) is 0. The van der Waals surface area contributed by atoms with Crippen LogP contribution in [0.1, 0.15) is 27.7 Å². The molecular formula is C8H20O6P2S. The van der Waals surface area contributed by atoms with Crippen molar-refractivity contribution in [1.29, 1.82) is 0 Å². The molecule has 0 saturated heterocycles. The van der Waals surface area contributed by atoms with E-state index in [4.69, 9.17) is 18.1 Å². The van der Waals surface area contributed by atoms with Crippen LogP contribution in [-0.2, 0) is 27.2 Å². The molecule has 17 heavy (non-hydrogen) atoms. The van der Waals surface area contributed by atoms with Crippen molar-refractivity contribution in [2.24, 2.45) is 0 Å². The van der Waals surface area contributed by atoms with Gasteiger partial charge in [0.05, 0.1) is 37.4 Å². The van der Waals surface area contributed by atoms with Gasteiger partial charge in [-0.05, 0) is 27.7 Å². The molecule has 9 heteroatoms. The number of rotatable bonds is 10. The lowest BCUT2D eigenvalue weighted by Gasteiger charge is -2.21. The van der Waals surface area contributed by atoms with Crippen molar-refractivity contribution in [3.8, 4) is 0 Å². The molecule has 0 amide bonds. The van der Waals surface area contributed by atoms with E-state index in [1.165, 1.54) is 0 Å². The van der Waals surface area contributed by atoms with Gasteiger partial charge in [0.1, 0.15) is 0 Å². The minimum absolute atomic E-state index is 0.197. The molecule has 0 rings (SSSR count). The SMILES string of the molecule is CCOP(=O)(OCC)SP(=O)(OCC)OCC. The minimum Gasteiger partial charge on any atom is -0.301 e. The van der Waals surface area contributed by atoms with E-state index in [-0.39, 0.29) is 26.4 Å². The van der Waals surface area contributed by atoms with Crippen LogP contribution in [0.25, 0.3) is 0 Å². The van der Waals surface area contributed by atoms with Crippen LogP contribution in [0.4, 0.5) is 0 Å². The third-order valence-electron chi connectivity index (χ3n) is 1.35. The summed E-state index contributed by atoms with van der Waals surface area (Å²) in [4.78, 5) is 0. The molecule has 0 spiro atoms. The Morgan fingerprint density at radius 1 is 0.706 bits per heavy atom. The van der Waals surface area contributed by atoms with Gasteiger partial charge in [-0.25, -0.2) is 9.13 Å². The molecule has 0 heterocycles. The molecule has 0 aromatic rings. The Morgan fingerprint density at radius 3 is 1.12 bits per heavy atom. The lowest BCUT2D eigenvalue weighted by Crippen LogP contribution is -1.96. The summed E-state index contributed by atoms with van der Waals surface area (Å²) in [5.74, 6) is 0. The van der Waals surface area contributed by atoms with E-state index in [9.17, 15) is 9.13 Å². The Kier molecular flexibility index (Phi) is 9.03. The third-order valence-corrected chi connectivity index (χ3v) is 10.1. The minimum atomic E-state index is -3.50. The molecule has 0 unspecified atom stereocenters. The zero-order chi connectivity index (χ0) is 13.4. The van der Waals surface area contributed by atoms with Gasteiger partial charge >= 0.3 is 13.6 Å². The van der Waals surface area contributed by atoms with Gasteiger partial charge in [-0.2, -0.15) is 0 Å². The molecule has 0 atom stereocenters. The summed E-state index contributed by atoms with van der Waals surface area (Å²) in [6.45, 7) is 0.511. The van der Waals surface area contributed by atoms with Crippen LogP contribution in [-0.4, -0.2) is 26.4 Å². The molecule has 6 nitrogen and oxygen atoms in total. The molecule has 104 valence electrons. The second-order valence-corrected chi connectivity index (χ2v) is 10.3. The highest BCUT2D eigenvalue weighted by atomic mass is 33.1. The maximum atomic E-state index is 12.2. The van der Waals surface area contributed by atoms with Crippen LogP contribution in [0.2, 0.25) is 0 Å². The van der Waals surface area contributed by atoms with Crippen LogP contribution in [0.3, 0.4) is 0 Å². The topological polar surface area (TPSA) is 71.1 Å². The second kappa shape index (κ2) is 8.70. The van der Waals surface area contributed by atoms with Crippen LogP contribution in [0.15, 0.2) is 0 Å². The molecule has 0 radical (unpaired) electrons. The average Bonchev–Trinajstić information content (AvgIpc) is 2.17. The van der Waals surface area contributed by atoms with Crippen molar-refractivity contribution in [3.05, 3.63) is 0 Å². The molecular weight excluding hydrogens is 286 g/mol. The van der Waals surface area contributed by atoms with Gasteiger partial charge in [0.2, 0.25) is 0 Å². The summed E-state index contributed by atoms with van der Waals surface area (Å²) < 4.78 is 44.4. The first-order valence-corrected chi connectivity index (χ1v) is 10.6. The fourth-order valence-electron chi connectivity index (χ4n) is 0.924. The van der Waals surface area contributed by atoms with Crippen LogP contribution < -0.4 is 0 Å². The molecule has 0 N–H and O–H groups in total. The van der Waals surface area contributed by atoms with E-state index in [2.05, 4.69) is 0 Å². The van der Waals surface area contributed by atoms with Crippen LogP contribution in [0, 0.1) is 0 Å². The molecule has 0 bridgehead atoms. The number of hydrogen-bond donors (Lipinski definition) is 0. The summed E-state index contributed by atoms with van der Waals surface area (Å²) in [7, 11) is 0. The normalized spacial score (nSPS) is 12.9. The quantitative estimate of drug-likeness (QED) is 0.563. The van der Waals surface area contributed by atoms with Gasteiger partial charge < -0.3 is 18.1 Å². The summed E-state index contributed by atoms with van der Waals surface area (Å²) in [6.07, 6.45) is 0. The zero-order valence-corrected chi connectivity index (χ0v) is 13.2. The molecule has 0 aliphatic rings. The largest absolute Gasteiger partial charge is 0.400 e. The van der Waals surface area contributed by atoms with Crippen molar-refractivity contribution >= 4 is 24.6 Å². The Balaban J connectivity index is 4.79. The summed E-state index contributed by atoms with van der Waals surface area (Å²) >= 11 is 0.515. The standard InChI is InChI=1S/C8H20O6P2S/c1-5-11-15(9,12-6-2)17-16(10,13-7-3)14-8-4/h5-8H2,1-4H3. The van der Waals surface area contributed by atoms with Crippen molar-refractivity contribution in [3.63, 3.8) is 0 Å². The van der Waals surface area contributed by atoms with Crippen molar-refractivity contribution in [1.82, 2.24) is 0 Å². The average molecular weight is 306 g/mol. The highest BCUT2D eigenvalue weighted by Crippen LogP contribution is 2.79. The molecule has 0 aromatic carbocycles. The fourth-order valence-corrected chi connectivity index (χ4v) is 9.24. The van der Waals surface area contributed by atoms with E-state index in [0.717, 1.165) is 0 Å². The van der Waals surface area contributed by atoms with Crippen molar-refractivity contribution in [2.45, 2.75) is 27.7 Å². The lowest BCUT2D eigenvalue weighted by atomic mass is 10.9. The smallest absolute Gasteiger partial charge is 0.301 e. The molecule has 0 saturated carbocycles. The van der Waals surface area contributed by atoms with E-state index in [1.54, 1.807) is 27.7 Å². The first kappa shape index (κ1) is 17.6. The summed E-state index contributed by atoms with van der Waals surface area (Å²) in [6, 6.07) is 0. The van der Waals surface area contributed by atoms with Gasteiger partial charge in [0, 0.05) is 0 Å². The zero-order valence-electron chi connectivity index (χ0n) is 10.6. The van der Waals surface area contributed by atoms with Crippen molar-refractivity contribution < 1.29 is 27.2 Å². The maximum Gasteiger partial charge on any atom is 0.400 e.